The largest absolute Gasteiger partial charge is 0.373 e. The summed E-state index contributed by atoms with van der Waals surface area (Å²) in [4.78, 5) is 10.4. The normalized spacial score (nSPS) is 12.0. The molecule has 0 heterocycles. The molecular formula is C15H14F2N2O2. The Labute approximate surface area is 120 Å². The monoisotopic (exact) mass is 292 g/mol. The van der Waals surface area contributed by atoms with E-state index in [1.807, 2.05) is 6.92 Å². The summed E-state index contributed by atoms with van der Waals surface area (Å²) in [5.41, 5.74) is 0.180. The molecule has 1 N–H and O–H groups in total. The van der Waals surface area contributed by atoms with Crippen LogP contribution in [-0.4, -0.2) is 4.92 Å². The van der Waals surface area contributed by atoms with Gasteiger partial charge in [-0.25, -0.2) is 8.78 Å². The molecule has 0 aliphatic heterocycles. The molecule has 1 unspecified atom stereocenters. The fourth-order valence-electron chi connectivity index (χ4n) is 2.13. The quantitative estimate of drug-likeness (QED) is 0.655. The van der Waals surface area contributed by atoms with Crippen molar-refractivity contribution in [3.63, 3.8) is 0 Å². The minimum Gasteiger partial charge on any atom is -0.373 e. The van der Waals surface area contributed by atoms with Crippen LogP contribution in [0.2, 0.25) is 0 Å². The highest BCUT2D eigenvalue weighted by atomic mass is 19.1. The fraction of sp³-hybridized carbons (Fsp3) is 0.200. The van der Waals surface area contributed by atoms with Gasteiger partial charge in [-0.15, -0.1) is 0 Å². The first-order valence-electron chi connectivity index (χ1n) is 6.47. The van der Waals surface area contributed by atoms with Crippen molar-refractivity contribution in [2.24, 2.45) is 0 Å². The maximum absolute atomic E-state index is 13.8. The van der Waals surface area contributed by atoms with E-state index < -0.39 is 22.6 Å². The van der Waals surface area contributed by atoms with Gasteiger partial charge < -0.3 is 5.32 Å². The van der Waals surface area contributed by atoms with Crippen LogP contribution in [0.4, 0.5) is 20.2 Å². The standard InChI is InChI=1S/C15H14F2N2O2/c1-2-13(11-5-3-4-6-12(11)17)18-14-9-10(16)7-8-15(14)19(20)21/h3-9,13,18H,2H2,1H3. The van der Waals surface area contributed by atoms with Crippen LogP contribution in [-0.2, 0) is 0 Å². The Morgan fingerprint density at radius 1 is 1.24 bits per heavy atom. The van der Waals surface area contributed by atoms with Crippen molar-refractivity contribution >= 4 is 11.4 Å². The van der Waals surface area contributed by atoms with E-state index in [2.05, 4.69) is 5.32 Å². The lowest BCUT2D eigenvalue weighted by molar-refractivity contribution is -0.384. The molecule has 0 aliphatic rings. The predicted molar refractivity (Wildman–Crippen MR) is 76.1 cm³/mol. The average Bonchev–Trinajstić information content (AvgIpc) is 2.45. The van der Waals surface area contributed by atoms with E-state index in [0.29, 0.717) is 12.0 Å². The van der Waals surface area contributed by atoms with Gasteiger partial charge in [0.2, 0.25) is 0 Å². The number of nitro benzene ring substituents is 1. The Morgan fingerprint density at radius 2 is 1.95 bits per heavy atom. The lowest BCUT2D eigenvalue weighted by Crippen LogP contribution is -2.12. The van der Waals surface area contributed by atoms with Gasteiger partial charge in [0.15, 0.2) is 0 Å². The number of benzene rings is 2. The number of nitro groups is 1. The number of hydrogen-bond donors (Lipinski definition) is 1. The van der Waals surface area contributed by atoms with Gasteiger partial charge in [-0.1, -0.05) is 25.1 Å². The highest BCUT2D eigenvalue weighted by molar-refractivity contribution is 5.62. The van der Waals surface area contributed by atoms with Crippen LogP contribution in [0.1, 0.15) is 24.9 Å². The third kappa shape index (κ3) is 3.34. The molecule has 6 heteroatoms. The number of hydrogen-bond acceptors (Lipinski definition) is 3. The van der Waals surface area contributed by atoms with Gasteiger partial charge in [0.25, 0.3) is 5.69 Å². The van der Waals surface area contributed by atoms with Crippen molar-refractivity contribution in [3.8, 4) is 0 Å². The molecule has 0 bridgehead atoms. The van der Waals surface area contributed by atoms with E-state index in [1.165, 1.54) is 6.07 Å². The molecule has 110 valence electrons. The molecule has 2 aromatic rings. The molecule has 2 rings (SSSR count). The van der Waals surface area contributed by atoms with Crippen molar-refractivity contribution < 1.29 is 13.7 Å². The topological polar surface area (TPSA) is 55.2 Å². The Hall–Kier alpha value is -2.50. The maximum Gasteiger partial charge on any atom is 0.292 e. The molecule has 2 aromatic carbocycles. The van der Waals surface area contributed by atoms with Crippen LogP contribution in [0.25, 0.3) is 0 Å². The molecule has 0 amide bonds. The summed E-state index contributed by atoms with van der Waals surface area (Å²) in [6.07, 6.45) is 0.495. The Balaban J connectivity index is 2.37. The fourth-order valence-corrected chi connectivity index (χ4v) is 2.13. The van der Waals surface area contributed by atoms with Crippen LogP contribution in [0.15, 0.2) is 42.5 Å². The van der Waals surface area contributed by atoms with Crippen molar-refractivity contribution in [1.82, 2.24) is 0 Å². The summed E-state index contributed by atoms with van der Waals surface area (Å²) in [6.45, 7) is 1.81. The second kappa shape index (κ2) is 6.30. The molecule has 0 radical (unpaired) electrons. The zero-order valence-electron chi connectivity index (χ0n) is 11.3. The molecule has 0 saturated heterocycles. The van der Waals surface area contributed by atoms with Crippen LogP contribution in [0, 0.1) is 21.7 Å². The number of anilines is 1. The van der Waals surface area contributed by atoms with Gasteiger partial charge in [-0.05, 0) is 18.6 Å². The van der Waals surface area contributed by atoms with Crippen molar-refractivity contribution in [2.45, 2.75) is 19.4 Å². The third-order valence-corrected chi connectivity index (χ3v) is 3.17. The molecule has 1 atom stereocenters. The van der Waals surface area contributed by atoms with Crippen LogP contribution in [0.3, 0.4) is 0 Å². The van der Waals surface area contributed by atoms with E-state index in [9.17, 15) is 18.9 Å². The van der Waals surface area contributed by atoms with E-state index in [-0.39, 0.29) is 11.4 Å². The van der Waals surface area contributed by atoms with Crippen molar-refractivity contribution in [1.29, 1.82) is 0 Å². The molecule has 21 heavy (non-hydrogen) atoms. The third-order valence-electron chi connectivity index (χ3n) is 3.17. The predicted octanol–water partition coefficient (Wildman–Crippen LogP) is 4.44. The maximum atomic E-state index is 13.8. The first-order chi connectivity index (χ1) is 10.0. The Morgan fingerprint density at radius 3 is 2.57 bits per heavy atom. The van der Waals surface area contributed by atoms with Crippen molar-refractivity contribution in [2.75, 3.05) is 5.32 Å². The summed E-state index contributed by atoms with van der Waals surface area (Å²) in [7, 11) is 0. The molecule has 0 spiro atoms. The summed E-state index contributed by atoms with van der Waals surface area (Å²) in [5, 5.41) is 13.8. The SMILES string of the molecule is CCC(Nc1cc(F)ccc1[N+](=O)[O-])c1ccccc1F. The first-order valence-corrected chi connectivity index (χ1v) is 6.47. The van der Waals surface area contributed by atoms with Gasteiger partial charge in [0, 0.05) is 17.7 Å². The minimum atomic E-state index is -0.601. The number of nitrogens with one attached hydrogen (secondary N) is 1. The molecule has 0 aromatic heterocycles. The summed E-state index contributed by atoms with van der Waals surface area (Å²) < 4.78 is 27.1. The van der Waals surface area contributed by atoms with Gasteiger partial charge in [-0.2, -0.15) is 0 Å². The highest BCUT2D eigenvalue weighted by Gasteiger charge is 2.19. The zero-order chi connectivity index (χ0) is 15.4. The molecule has 0 saturated carbocycles. The van der Waals surface area contributed by atoms with Crippen LogP contribution < -0.4 is 5.32 Å². The van der Waals surface area contributed by atoms with E-state index in [1.54, 1.807) is 18.2 Å². The van der Waals surface area contributed by atoms with Gasteiger partial charge in [0.1, 0.15) is 17.3 Å². The lowest BCUT2D eigenvalue weighted by Gasteiger charge is -2.19. The Bertz CT molecular complexity index is 662. The minimum absolute atomic E-state index is 0.0371. The smallest absolute Gasteiger partial charge is 0.292 e. The van der Waals surface area contributed by atoms with E-state index >= 15 is 0 Å². The number of rotatable bonds is 5. The highest BCUT2D eigenvalue weighted by Crippen LogP contribution is 2.31. The van der Waals surface area contributed by atoms with Crippen LogP contribution in [0.5, 0.6) is 0 Å². The summed E-state index contributed by atoms with van der Waals surface area (Å²) in [6, 6.07) is 8.84. The van der Waals surface area contributed by atoms with E-state index in [0.717, 1.165) is 18.2 Å². The van der Waals surface area contributed by atoms with Gasteiger partial charge >= 0.3 is 0 Å². The molecular weight excluding hydrogens is 278 g/mol. The molecule has 0 aliphatic carbocycles. The Kier molecular flexibility index (Phi) is 4.47. The average molecular weight is 292 g/mol. The van der Waals surface area contributed by atoms with Gasteiger partial charge in [0.05, 0.1) is 11.0 Å². The second-order valence-electron chi connectivity index (χ2n) is 4.55. The first kappa shape index (κ1) is 14.9. The molecule has 0 fully saturated rings. The van der Waals surface area contributed by atoms with Crippen LogP contribution >= 0.6 is 0 Å². The zero-order valence-corrected chi connectivity index (χ0v) is 11.3. The van der Waals surface area contributed by atoms with Crippen molar-refractivity contribution in [3.05, 3.63) is 69.8 Å². The van der Waals surface area contributed by atoms with Gasteiger partial charge in [-0.3, -0.25) is 10.1 Å². The summed E-state index contributed by atoms with van der Waals surface area (Å²) >= 11 is 0. The number of nitrogens with zero attached hydrogens (tertiary/aromatic N) is 1. The summed E-state index contributed by atoms with van der Waals surface area (Å²) in [5.74, 6) is -0.998. The number of halogens is 2. The van der Waals surface area contributed by atoms with E-state index in [4.69, 9.17) is 0 Å². The lowest BCUT2D eigenvalue weighted by atomic mass is 10.0. The second-order valence-corrected chi connectivity index (χ2v) is 4.55. The molecule has 4 nitrogen and oxygen atoms in total.